The third kappa shape index (κ3) is 6.06. The summed E-state index contributed by atoms with van der Waals surface area (Å²) in [6.07, 6.45) is 3.40. The third-order valence-corrected chi connectivity index (χ3v) is 6.38. The zero-order chi connectivity index (χ0) is 21.4. The summed E-state index contributed by atoms with van der Waals surface area (Å²) in [5.41, 5.74) is 0.815. The summed E-state index contributed by atoms with van der Waals surface area (Å²) in [6, 6.07) is 11.6. The van der Waals surface area contributed by atoms with Crippen molar-refractivity contribution in [3.63, 3.8) is 0 Å². The Bertz CT molecular complexity index is 825. The van der Waals surface area contributed by atoms with Crippen molar-refractivity contribution in [1.82, 2.24) is 15.5 Å². The molecule has 162 valence electrons. The van der Waals surface area contributed by atoms with Gasteiger partial charge in [-0.1, -0.05) is 18.2 Å². The van der Waals surface area contributed by atoms with Crippen LogP contribution in [0.15, 0.2) is 46.8 Å². The Hall–Kier alpha value is -2.38. The molecule has 7 heteroatoms. The van der Waals surface area contributed by atoms with Gasteiger partial charge in [0.15, 0.2) is 5.96 Å². The van der Waals surface area contributed by atoms with Crippen LogP contribution in [0.4, 0.5) is 0 Å². The second-order valence-electron chi connectivity index (χ2n) is 7.85. The number of nitrogens with zero attached hydrogens (tertiary/aromatic N) is 2. The first-order valence-corrected chi connectivity index (χ1v) is 11.5. The van der Waals surface area contributed by atoms with E-state index in [1.165, 1.54) is 17.8 Å². The highest BCUT2D eigenvalue weighted by Crippen LogP contribution is 2.24. The summed E-state index contributed by atoms with van der Waals surface area (Å²) in [5.74, 6) is 0.776. The lowest BCUT2D eigenvalue weighted by molar-refractivity contribution is 0.0655. The molecule has 1 atom stereocenters. The van der Waals surface area contributed by atoms with Crippen LogP contribution < -0.4 is 10.6 Å². The van der Waals surface area contributed by atoms with E-state index in [1.54, 1.807) is 6.92 Å². The number of carbonyl (C=O) groups is 1. The molecule has 3 N–H and O–H groups in total. The van der Waals surface area contributed by atoms with Gasteiger partial charge in [-0.25, -0.2) is 4.99 Å². The summed E-state index contributed by atoms with van der Waals surface area (Å²) in [6.45, 7) is 7.12. The molecule has 6 nitrogen and oxygen atoms in total. The van der Waals surface area contributed by atoms with E-state index in [0.29, 0.717) is 19.0 Å². The van der Waals surface area contributed by atoms with E-state index in [4.69, 9.17) is 0 Å². The lowest BCUT2D eigenvalue weighted by Crippen LogP contribution is -2.44. The molecule has 0 radical (unpaired) electrons. The van der Waals surface area contributed by atoms with Crippen molar-refractivity contribution in [2.24, 2.45) is 4.99 Å². The highest BCUT2D eigenvalue weighted by Gasteiger charge is 2.24. The Morgan fingerprint density at radius 1 is 1.17 bits per heavy atom. The van der Waals surface area contributed by atoms with Crippen LogP contribution in [0.3, 0.4) is 0 Å². The van der Waals surface area contributed by atoms with Crippen LogP contribution in [0.2, 0.25) is 0 Å². The van der Waals surface area contributed by atoms with Gasteiger partial charge in [0.2, 0.25) is 0 Å². The Balaban J connectivity index is 1.58. The fourth-order valence-corrected chi connectivity index (χ4v) is 4.26. The molecule has 0 saturated carbocycles. The van der Waals surface area contributed by atoms with Crippen LogP contribution in [0.1, 0.15) is 53.9 Å². The highest BCUT2D eigenvalue weighted by atomic mass is 32.1. The van der Waals surface area contributed by atoms with Crippen LogP contribution in [-0.4, -0.2) is 48.1 Å². The van der Waals surface area contributed by atoms with Crippen molar-refractivity contribution in [3.05, 3.63) is 57.8 Å². The Kier molecular flexibility index (Phi) is 7.87. The monoisotopic (exact) mass is 428 g/mol. The van der Waals surface area contributed by atoms with E-state index < -0.39 is 5.60 Å². The second-order valence-corrected chi connectivity index (χ2v) is 8.80. The molecular formula is C23H32N4O2S. The van der Waals surface area contributed by atoms with Crippen molar-refractivity contribution in [2.75, 3.05) is 26.2 Å². The van der Waals surface area contributed by atoms with Gasteiger partial charge in [0.05, 0.1) is 13.1 Å². The molecule has 1 aliphatic heterocycles. The van der Waals surface area contributed by atoms with E-state index in [2.05, 4.69) is 15.6 Å². The van der Waals surface area contributed by atoms with Gasteiger partial charge in [0.1, 0.15) is 5.60 Å². The first kappa shape index (κ1) is 22.3. The Morgan fingerprint density at radius 2 is 1.90 bits per heavy atom. The highest BCUT2D eigenvalue weighted by molar-refractivity contribution is 7.10. The van der Waals surface area contributed by atoms with E-state index >= 15 is 0 Å². The molecule has 1 aromatic heterocycles. The number of likely N-dealkylation sites (tertiary alicyclic amines) is 1. The largest absolute Gasteiger partial charge is 0.383 e. The minimum absolute atomic E-state index is 0.121. The molecule has 2 aromatic rings. The van der Waals surface area contributed by atoms with E-state index in [0.717, 1.165) is 48.5 Å². The molecule has 0 spiro atoms. The van der Waals surface area contributed by atoms with Crippen molar-refractivity contribution in [3.8, 4) is 0 Å². The van der Waals surface area contributed by atoms with E-state index in [-0.39, 0.29) is 5.91 Å². The molecule has 1 aliphatic rings. The second kappa shape index (κ2) is 10.6. The number of aliphatic imine (C=N–C) groups is 1. The number of benzene rings is 1. The number of hydrogen-bond donors (Lipinski definition) is 3. The third-order valence-electron chi connectivity index (χ3n) is 5.26. The predicted octanol–water partition coefficient (Wildman–Crippen LogP) is 3.34. The molecule has 1 aromatic carbocycles. The van der Waals surface area contributed by atoms with Gasteiger partial charge in [0.25, 0.3) is 5.91 Å². The molecule has 0 aliphatic carbocycles. The SMILES string of the molecule is CCNC(=NCc1ccc(C(=O)N2CCCCC2)cc1)NCC(C)(O)c1cccs1. The zero-order valence-corrected chi connectivity index (χ0v) is 18.7. The smallest absolute Gasteiger partial charge is 0.253 e. The molecule has 1 saturated heterocycles. The number of rotatable bonds is 7. The van der Waals surface area contributed by atoms with Crippen LogP contribution in [0.25, 0.3) is 0 Å². The number of guanidine groups is 1. The molecule has 1 amide bonds. The van der Waals surface area contributed by atoms with Crippen LogP contribution >= 0.6 is 11.3 Å². The van der Waals surface area contributed by atoms with Gasteiger partial charge >= 0.3 is 0 Å². The molecular weight excluding hydrogens is 396 g/mol. The number of carbonyl (C=O) groups excluding carboxylic acids is 1. The van der Waals surface area contributed by atoms with Crippen LogP contribution in [-0.2, 0) is 12.1 Å². The first-order chi connectivity index (χ1) is 14.5. The zero-order valence-electron chi connectivity index (χ0n) is 17.9. The summed E-state index contributed by atoms with van der Waals surface area (Å²) >= 11 is 1.54. The van der Waals surface area contributed by atoms with E-state index in [9.17, 15) is 9.90 Å². The summed E-state index contributed by atoms with van der Waals surface area (Å²) < 4.78 is 0. The molecule has 30 heavy (non-hydrogen) atoms. The van der Waals surface area contributed by atoms with Crippen molar-refractivity contribution in [1.29, 1.82) is 0 Å². The van der Waals surface area contributed by atoms with Crippen LogP contribution in [0.5, 0.6) is 0 Å². The Morgan fingerprint density at radius 3 is 2.53 bits per heavy atom. The number of amides is 1. The topological polar surface area (TPSA) is 77.0 Å². The lowest BCUT2D eigenvalue weighted by atomic mass is 10.1. The molecule has 1 unspecified atom stereocenters. The maximum absolute atomic E-state index is 12.6. The fraction of sp³-hybridized carbons (Fsp3) is 0.478. The maximum Gasteiger partial charge on any atom is 0.253 e. The van der Waals surface area contributed by atoms with Gasteiger partial charge in [-0.2, -0.15) is 0 Å². The minimum atomic E-state index is -0.958. The quantitative estimate of drug-likeness (QED) is 0.467. The van der Waals surface area contributed by atoms with Crippen molar-refractivity contribution in [2.45, 2.75) is 45.3 Å². The van der Waals surface area contributed by atoms with Gasteiger partial charge in [-0.3, -0.25) is 4.79 Å². The van der Waals surface area contributed by atoms with Gasteiger partial charge < -0.3 is 20.6 Å². The van der Waals surface area contributed by atoms with E-state index in [1.807, 2.05) is 53.6 Å². The van der Waals surface area contributed by atoms with Crippen molar-refractivity contribution < 1.29 is 9.90 Å². The van der Waals surface area contributed by atoms with Gasteiger partial charge in [-0.05, 0) is 62.3 Å². The number of hydrogen-bond acceptors (Lipinski definition) is 4. The normalized spacial score (nSPS) is 16.8. The predicted molar refractivity (Wildman–Crippen MR) is 123 cm³/mol. The average Bonchev–Trinajstić information content (AvgIpc) is 3.32. The number of piperidine rings is 1. The van der Waals surface area contributed by atoms with Crippen LogP contribution in [0, 0.1) is 0 Å². The fourth-order valence-electron chi connectivity index (χ4n) is 3.47. The maximum atomic E-state index is 12.6. The number of aliphatic hydroxyl groups is 1. The standard InChI is InChI=1S/C23H32N4O2S/c1-3-24-22(26-17-23(2,29)20-8-7-15-30-20)25-16-18-9-11-19(12-10-18)21(28)27-13-5-4-6-14-27/h7-12,15,29H,3-6,13-14,16-17H2,1-2H3,(H2,24,25,26). The minimum Gasteiger partial charge on any atom is -0.383 e. The molecule has 3 rings (SSSR count). The Labute approximate surface area is 183 Å². The van der Waals surface area contributed by atoms with Crippen molar-refractivity contribution >= 4 is 23.2 Å². The molecule has 1 fully saturated rings. The molecule has 2 heterocycles. The number of nitrogens with one attached hydrogen (secondary N) is 2. The summed E-state index contributed by atoms with van der Waals surface area (Å²) in [7, 11) is 0. The average molecular weight is 429 g/mol. The van der Waals surface area contributed by atoms with Gasteiger partial charge in [0, 0.05) is 30.1 Å². The first-order valence-electron chi connectivity index (χ1n) is 10.7. The number of thiophene rings is 1. The lowest BCUT2D eigenvalue weighted by Gasteiger charge is -2.26. The summed E-state index contributed by atoms with van der Waals surface area (Å²) in [4.78, 5) is 20.1. The van der Waals surface area contributed by atoms with Gasteiger partial charge in [-0.15, -0.1) is 11.3 Å². The summed E-state index contributed by atoms with van der Waals surface area (Å²) in [5, 5.41) is 19.1. The molecule has 0 bridgehead atoms.